The van der Waals surface area contributed by atoms with Gasteiger partial charge in [-0.2, -0.15) is 0 Å². The first-order chi connectivity index (χ1) is 7.70. The molecule has 1 aromatic rings. The Morgan fingerprint density at radius 1 is 1.44 bits per heavy atom. The molecule has 3 N–H and O–H groups in total. The number of aliphatic hydroxyl groups is 1. The van der Waals surface area contributed by atoms with Crippen LogP contribution in [0.2, 0.25) is 0 Å². The van der Waals surface area contributed by atoms with Gasteiger partial charge in [-0.1, -0.05) is 24.3 Å². The smallest absolute Gasteiger partial charge is 0.0624 e. The van der Waals surface area contributed by atoms with Crippen molar-refractivity contribution in [2.75, 3.05) is 26.7 Å². The van der Waals surface area contributed by atoms with Crippen molar-refractivity contribution in [2.45, 2.75) is 18.4 Å². The van der Waals surface area contributed by atoms with E-state index in [1.54, 1.807) is 0 Å². The average Bonchev–Trinajstić information content (AvgIpc) is 2.75. The van der Waals surface area contributed by atoms with Crippen molar-refractivity contribution < 1.29 is 5.11 Å². The molecule has 0 spiro atoms. The summed E-state index contributed by atoms with van der Waals surface area (Å²) in [7, 11) is 2.16. The molecule has 0 saturated carbocycles. The first-order valence-electron chi connectivity index (χ1n) is 5.85. The second-order valence-corrected chi connectivity index (χ2v) is 4.70. The van der Waals surface area contributed by atoms with Gasteiger partial charge in [-0.15, -0.1) is 0 Å². The highest BCUT2D eigenvalue weighted by atomic mass is 16.3. The zero-order chi connectivity index (χ0) is 11.5. The van der Waals surface area contributed by atoms with E-state index in [4.69, 9.17) is 10.8 Å². The molecule has 1 aromatic carbocycles. The van der Waals surface area contributed by atoms with Crippen LogP contribution in [-0.4, -0.2) is 36.8 Å². The third kappa shape index (κ3) is 2.43. The van der Waals surface area contributed by atoms with Gasteiger partial charge in [0, 0.05) is 6.54 Å². The molecular weight excluding hydrogens is 200 g/mol. The number of likely N-dealkylation sites (N-methyl/N-ethyl adjacent to an activating group) is 1. The number of likely N-dealkylation sites (tertiary alicyclic amines) is 1. The first-order valence-corrected chi connectivity index (χ1v) is 5.85. The summed E-state index contributed by atoms with van der Waals surface area (Å²) in [6.45, 7) is 2.33. The third-order valence-corrected chi connectivity index (χ3v) is 3.42. The maximum Gasteiger partial charge on any atom is 0.0624 e. The second kappa shape index (κ2) is 4.95. The van der Waals surface area contributed by atoms with Gasteiger partial charge in [-0.3, -0.25) is 0 Å². The highest BCUT2D eigenvalue weighted by molar-refractivity contribution is 5.28. The van der Waals surface area contributed by atoms with E-state index < -0.39 is 0 Å². The summed E-state index contributed by atoms with van der Waals surface area (Å²) in [5.74, 6) is 0.657. The lowest BCUT2D eigenvalue weighted by Crippen LogP contribution is -2.15. The number of rotatable bonds is 3. The van der Waals surface area contributed by atoms with Crippen LogP contribution in [0.4, 0.5) is 0 Å². The number of benzene rings is 1. The maximum atomic E-state index is 8.97. The van der Waals surface area contributed by atoms with E-state index in [-0.39, 0.29) is 12.6 Å². The zero-order valence-electron chi connectivity index (χ0n) is 9.76. The summed E-state index contributed by atoms with van der Waals surface area (Å²) in [5, 5.41) is 8.97. The summed E-state index contributed by atoms with van der Waals surface area (Å²) in [6.07, 6.45) is 1.24. The summed E-state index contributed by atoms with van der Waals surface area (Å²) in [5.41, 5.74) is 8.16. The van der Waals surface area contributed by atoms with Crippen LogP contribution in [0.5, 0.6) is 0 Å². The monoisotopic (exact) mass is 220 g/mol. The predicted octanol–water partition coefficient (Wildman–Crippen LogP) is 1.10. The lowest BCUT2D eigenvalue weighted by atomic mass is 9.96. The van der Waals surface area contributed by atoms with E-state index in [1.807, 2.05) is 12.1 Å². The van der Waals surface area contributed by atoms with Gasteiger partial charge in [0.1, 0.15) is 0 Å². The minimum atomic E-state index is -0.250. The number of hydrogen-bond acceptors (Lipinski definition) is 3. The van der Waals surface area contributed by atoms with Crippen molar-refractivity contribution in [1.29, 1.82) is 0 Å². The Morgan fingerprint density at radius 2 is 2.12 bits per heavy atom. The second-order valence-electron chi connectivity index (χ2n) is 4.70. The zero-order valence-corrected chi connectivity index (χ0v) is 9.76. The molecule has 0 aliphatic carbocycles. The van der Waals surface area contributed by atoms with Crippen LogP contribution < -0.4 is 5.73 Å². The van der Waals surface area contributed by atoms with Gasteiger partial charge in [-0.05, 0) is 37.1 Å². The minimum Gasteiger partial charge on any atom is -0.394 e. The van der Waals surface area contributed by atoms with Crippen molar-refractivity contribution in [1.82, 2.24) is 4.90 Å². The molecular formula is C13H20N2O. The van der Waals surface area contributed by atoms with Crippen LogP contribution in [0.1, 0.15) is 29.5 Å². The Morgan fingerprint density at radius 3 is 2.62 bits per heavy atom. The highest BCUT2D eigenvalue weighted by Gasteiger charge is 2.20. The van der Waals surface area contributed by atoms with E-state index in [0.717, 1.165) is 12.1 Å². The van der Waals surface area contributed by atoms with Gasteiger partial charge in [-0.25, -0.2) is 0 Å². The molecule has 1 aliphatic rings. The van der Waals surface area contributed by atoms with Crippen LogP contribution in [0.15, 0.2) is 24.3 Å². The Labute approximate surface area is 96.9 Å². The van der Waals surface area contributed by atoms with Crippen molar-refractivity contribution in [3.63, 3.8) is 0 Å². The fraction of sp³-hybridized carbons (Fsp3) is 0.538. The fourth-order valence-electron chi connectivity index (χ4n) is 2.33. The van der Waals surface area contributed by atoms with Gasteiger partial charge in [0.05, 0.1) is 12.6 Å². The van der Waals surface area contributed by atoms with Crippen molar-refractivity contribution in [3.8, 4) is 0 Å². The van der Waals surface area contributed by atoms with E-state index in [2.05, 4.69) is 24.1 Å². The molecule has 0 radical (unpaired) electrons. The molecule has 2 rings (SSSR count). The van der Waals surface area contributed by atoms with Gasteiger partial charge in [0.25, 0.3) is 0 Å². The molecule has 0 amide bonds. The number of nitrogens with zero attached hydrogens (tertiary/aromatic N) is 1. The molecule has 2 unspecified atom stereocenters. The molecule has 1 saturated heterocycles. The van der Waals surface area contributed by atoms with Crippen LogP contribution in [0.3, 0.4) is 0 Å². The van der Waals surface area contributed by atoms with Gasteiger partial charge >= 0.3 is 0 Å². The molecule has 2 atom stereocenters. The van der Waals surface area contributed by atoms with Gasteiger partial charge in [0.15, 0.2) is 0 Å². The summed E-state index contributed by atoms with van der Waals surface area (Å²) < 4.78 is 0. The fourth-order valence-corrected chi connectivity index (χ4v) is 2.33. The summed E-state index contributed by atoms with van der Waals surface area (Å²) >= 11 is 0. The van der Waals surface area contributed by atoms with Crippen molar-refractivity contribution in [2.24, 2.45) is 5.73 Å². The number of aliphatic hydroxyl groups excluding tert-OH is 1. The van der Waals surface area contributed by atoms with Gasteiger partial charge < -0.3 is 15.7 Å². The molecule has 3 nitrogen and oxygen atoms in total. The maximum absolute atomic E-state index is 8.97. The van der Waals surface area contributed by atoms with Crippen LogP contribution in [0.25, 0.3) is 0 Å². The predicted molar refractivity (Wildman–Crippen MR) is 65.3 cm³/mol. The Kier molecular flexibility index (Phi) is 3.59. The number of hydrogen-bond donors (Lipinski definition) is 2. The van der Waals surface area contributed by atoms with Crippen molar-refractivity contribution >= 4 is 0 Å². The van der Waals surface area contributed by atoms with Gasteiger partial charge in [0.2, 0.25) is 0 Å². The Balaban J connectivity index is 2.07. The van der Waals surface area contributed by atoms with Crippen molar-refractivity contribution in [3.05, 3.63) is 35.4 Å². The van der Waals surface area contributed by atoms with E-state index in [9.17, 15) is 0 Å². The van der Waals surface area contributed by atoms with Crippen LogP contribution in [0, 0.1) is 0 Å². The molecule has 1 heterocycles. The minimum absolute atomic E-state index is 0.00547. The largest absolute Gasteiger partial charge is 0.394 e. The van der Waals surface area contributed by atoms with Crippen LogP contribution >= 0.6 is 0 Å². The normalized spacial score (nSPS) is 23.6. The van der Waals surface area contributed by atoms with E-state index in [1.165, 1.54) is 18.5 Å². The first kappa shape index (κ1) is 11.6. The molecule has 0 bridgehead atoms. The molecule has 1 aliphatic heterocycles. The standard InChI is InChI=1S/C13H20N2O/c1-15-7-6-12(8-15)10-2-4-11(5-3-10)13(14)9-16/h2-5,12-13,16H,6-9,14H2,1H3. The SMILES string of the molecule is CN1CCC(c2ccc(C(N)CO)cc2)C1. The highest BCUT2D eigenvalue weighted by Crippen LogP contribution is 2.26. The average molecular weight is 220 g/mol. The number of nitrogens with two attached hydrogens (primary N) is 1. The lowest BCUT2D eigenvalue weighted by molar-refractivity contribution is 0.268. The molecule has 0 aromatic heterocycles. The summed E-state index contributed by atoms with van der Waals surface area (Å²) in [6, 6.07) is 8.12. The third-order valence-electron chi connectivity index (χ3n) is 3.42. The van der Waals surface area contributed by atoms with Crippen LogP contribution in [-0.2, 0) is 0 Å². The van der Waals surface area contributed by atoms with E-state index >= 15 is 0 Å². The molecule has 16 heavy (non-hydrogen) atoms. The van der Waals surface area contributed by atoms with E-state index in [0.29, 0.717) is 5.92 Å². The summed E-state index contributed by atoms with van der Waals surface area (Å²) in [4.78, 5) is 2.36. The topological polar surface area (TPSA) is 49.5 Å². The Bertz CT molecular complexity index is 336. The quantitative estimate of drug-likeness (QED) is 0.802. The lowest BCUT2D eigenvalue weighted by Gasteiger charge is -2.13. The molecule has 3 heteroatoms. The molecule has 88 valence electrons. The molecule has 1 fully saturated rings. The Hall–Kier alpha value is -0.900.